The molecular formula is C7H14N2O. The van der Waals surface area contributed by atoms with Gasteiger partial charge in [0.25, 0.3) is 0 Å². The summed E-state index contributed by atoms with van der Waals surface area (Å²) < 4.78 is 0. The maximum absolute atomic E-state index is 10.9. The maximum Gasteiger partial charge on any atom is 0.224 e. The van der Waals surface area contributed by atoms with Crippen LogP contribution < -0.4 is 5.32 Å². The molecule has 3 heteroatoms. The normalized spacial score (nSPS) is 26.0. The van der Waals surface area contributed by atoms with Crippen LogP contribution in [0, 0.1) is 0 Å². The summed E-state index contributed by atoms with van der Waals surface area (Å²) in [5.74, 6) is 0.256. The first-order chi connectivity index (χ1) is 4.74. The predicted octanol–water partition coefficient (Wildman–Crippen LogP) is -0.173. The van der Waals surface area contributed by atoms with Gasteiger partial charge in [0.15, 0.2) is 0 Å². The van der Waals surface area contributed by atoms with Crippen molar-refractivity contribution in [2.75, 3.05) is 20.1 Å². The first-order valence-corrected chi connectivity index (χ1v) is 3.71. The quantitative estimate of drug-likeness (QED) is 0.580. The Kier molecular flexibility index (Phi) is 2.27. The molecule has 0 spiro atoms. The lowest BCUT2D eigenvalue weighted by atomic mass is 10.2. The van der Waals surface area contributed by atoms with Crippen LogP contribution in [0.3, 0.4) is 0 Å². The average Bonchev–Trinajstić information content (AvgIpc) is 2.14. The number of likely N-dealkylation sites (tertiary alicyclic amines) is 1. The van der Waals surface area contributed by atoms with Crippen LogP contribution in [-0.2, 0) is 4.79 Å². The average molecular weight is 142 g/mol. The molecule has 1 saturated heterocycles. The molecule has 1 rings (SSSR count). The van der Waals surface area contributed by atoms with Crippen molar-refractivity contribution in [1.82, 2.24) is 10.2 Å². The zero-order valence-electron chi connectivity index (χ0n) is 6.55. The first kappa shape index (κ1) is 7.54. The lowest BCUT2D eigenvalue weighted by Crippen LogP contribution is -2.31. The highest BCUT2D eigenvalue weighted by Crippen LogP contribution is 2.07. The third-order valence-corrected chi connectivity index (χ3v) is 1.83. The predicted molar refractivity (Wildman–Crippen MR) is 39.7 cm³/mol. The second kappa shape index (κ2) is 3.01. The molecule has 0 aromatic carbocycles. The van der Waals surface area contributed by atoms with Crippen molar-refractivity contribution in [2.24, 2.45) is 0 Å². The topological polar surface area (TPSA) is 32.3 Å². The van der Waals surface area contributed by atoms with E-state index in [9.17, 15) is 4.79 Å². The van der Waals surface area contributed by atoms with Gasteiger partial charge in [0, 0.05) is 26.1 Å². The fraction of sp³-hybridized carbons (Fsp3) is 0.857. The highest BCUT2D eigenvalue weighted by molar-refractivity contribution is 5.78. The number of amides is 1. The van der Waals surface area contributed by atoms with Crippen molar-refractivity contribution in [3.8, 4) is 0 Å². The minimum absolute atomic E-state index is 0.256. The molecule has 1 N–H and O–H groups in total. The summed E-state index contributed by atoms with van der Waals surface area (Å²) in [4.78, 5) is 12.7. The number of nitrogens with zero attached hydrogens (tertiary/aromatic N) is 1. The molecule has 0 aromatic heterocycles. The Hall–Kier alpha value is -0.570. The van der Waals surface area contributed by atoms with Crippen molar-refractivity contribution < 1.29 is 4.79 Å². The van der Waals surface area contributed by atoms with E-state index in [1.807, 2.05) is 7.05 Å². The molecule has 1 amide bonds. The van der Waals surface area contributed by atoms with Crippen molar-refractivity contribution >= 4 is 5.91 Å². The van der Waals surface area contributed by atoms with E-state index in [4.69, 9.17) is 0 Å². The molecule has 1 aliphatic rings. The van der Waals surface area contributed by atoms with Crippen LogP contribution in [-0.4, -0.2) is 37.0 Å². The van der Waals surface area contributed by atoms with Crippen LogP contribution in [0.25, 0.3) is 0 Å². The summed E-state index contributed by atoms with van der Waals surface area (Å²) >= 11 is 0. The fourth-order valence-electron chi connectivity index (χ4n) is 1.29. The van der Waals surface area contributed by atoms with Crippen LogP contribution in [0.2, 0.25) is 0 Å². The molecular weight excluding hydrogens is 128 g/mol. The van der Waals surface area contributed by atoms with E-state index >= 15 is 0 Å². The summed E-state index contributed by atoms with van der Waals surface area (Å²) in [6.07, 6.45) is 0.671. The van der Waals surface area contributed by atoms with Gasteiger partial charge in [-0.25, -0.2) is 0 Å². The zero-order chi connectivity index (χ0) is 7.56. The van der Waals surface area contributed by atoms with E-state index in [1.165, 1.54) is 0 Å². The summed E-state index contributed by atoms with van der Waals surface area (Å²) in [6.45, 7) is 3.88. The van der Waals surface area contributed by atoms with Gasteiger partial charge in [0.05, 0.1) is 0 Å². The van der Waals surface area contributed by atoms with Crippen molar-refractivity contribution in [2.45, 2.75) is 19.4 Å². The molecule has 1 atom stereocenters. The van der Waals surface area contributed by atoms with Crippen molar-refractivity contribution in [3.63, 3.8) is 0 Å². The first-order valence-electron chi connectivity index (χ1n) is 3.71. The number of carbonyl (C=O) groups is 1. The smallest absolute Gasteiger partial charge is 0.224 e. The molecule has 0 aliphatic carbocycles. The van der Waals surface area contributed by atoms with Gasteiger partial charge in [-0.3, -0.25) is 4.79 Å². The minimum atomic E-state index is 0.256. The Labute approximate surface area is 61.4 Å². The SMILES string of the molecule is CCNC1CC(=O)N(C)C1. The largest absolute Gasteiger partial charge is 0.344 e. The van der Waals surface area contributed by atoms with E-state index in [-0.39, 0.29) is 5.91 Å². The molecule has 1 unspecified atom stereocenters. The number of hydrogen-bond donors (Lipinski definition) is 1. The van der Waals surface area contributed by atoms with E-state index in [0.717, 1.165) is 13.1 Å². The summed E-state index contributed by atoms with van der Waals surface area (Å²) in [5, 5.41) is 3.24. The van der Waals surface area contributed by atoms with Crippen LogP contribution in [0.15, 0.2) is 0 Å². The standard InChI is InChI=1S/C7H14N2O/c1-3-8-6-4-7(10)9(2)5-6/h6,8H,3-5H2,1-2H3. The van der Waals surface area contributed by atoms with Gasteiger partial charge < -0.3 is 10.2 Å². The summed E-state index contributed by atoms with van der Waals surface area (Å²) in [5.41, 5.74) is 0. The molecule has 1 heterocycles. The van der Waals surface area contributed by atoms with Gasteiger partial charge in [-0.2, -0.15) is 0 Å². The second-order valence-electron chi connectivity index (χ2n) is 2.73. The van der Waals surface area contributed by atoms with E-state index in [0.29, 0.717) is 12.5 Å². The molecule has 10 heavy (non-hydrogen) atoms. The Balaban J connectivity index is 2.34. The molecule has 3 nitrogen and oxygen atoms in total. The molecule has 0 radical (unpaired) electrons. The molecule has 1 aliphatic heterocycles. The van der Waals surface area contributed by atoms with Gasteiger partial charge in [-0.15, -0.1) is 0 Å². The van der Waals surface area contributed by atoms with Crippen molar-refractivity contribution in [1.29, 1.82) is 0 Å². The van der Waals surface area contributed by atoms with Gasteiger partial charge >= 0.3 is 0 Å². The van der Waals surface area contributed by atoms with Crippen LogP contribution in [0.4, 0.5) is 0 Å². The van der Waals surface area contributed by atoms with Crippen LogP contribution in [0.1, 0.15) is 13.3 Å². The van der Waals surface area contributed by atoms with E-state index in [1.54, 1.807) is 4.90 Å². The Morgan fingerprint density at radius 1 is 1.80 bits per heavy atom. The molecule has 1 fully saturated rings. The molecule has 58 valence electrons. The Morgan fingerprint density at radius 2 is 2.50 bits per heavy atom. The van der Waals surface area contributed by atoms with Gasteiger partial charge in [-0.05, 0) is 6.54 Å². The molecule has 0 saturated carbocycles. The monoisotopic (exact) mass is 142 g/mol. The number of rotatable bonds is 2. The van der Waals surface area contributed by atoms with E-state index < -0.39 is 0 Å². The third kappa shape index (κ3) is 1.48. The number of nitrogens with one attached hydrogen (secondary N) is 1. The van der Waals surface area contributed by atoms with Gasteiger partial charge in [-0.1, -0.05) is 6.92 Å². The minimum Gasteiger partial charge on any atom is -0.344 e. The number of likely N-dealkylation sites (N-methyl/N-ethyl adjacent to an activating group) is 2. The molecule has 0 aromatic rings. The summed E-state index contributed by atoms with van der Waals surface area (Å²) in [6, 6.07) is 0.391. The number of carbonyl (C=O) groups excluding carboxylic acids is 1. The highest BCUT2D eigenvalue weighted by atomic mass is 16.2. The lowest BCUT2D eigenvalue weighted by Gasteiger charge is -2.09. The Bertz CT molecular complexity index is 136. The maximum atomic E-state index is 10.9. The molecule has 0 bridgehead atoms. The second-order valence-corrected chi connectivity index (χ2v) is 2.73. The highest BCUT2D eigenvalue weighted by Gasteiger charge is 2.25. The van der Waals surface area contributed by atoms with Crippen molar-refractivity contribution in [3.05, 3.63) is 0 Å². The fourth-order valence-corrected chi connectivity index (χ4v) is 1.29. The third-order valence-electron chi connectivity index (χ3n) is 1.83. The van der Waals surface area contributed by atoms with Gasteiger partial charge in [0.2, 0.25) is 5.91 Å². The van der Waals surface area contributed by atoms with Crippen LogP contribution in [0.5, 0.6) is 0 Å². The Morgan fingerprint density at radius 3 is 2.90 bits per heavy atom. The summed E-state index contributed by atoms with van der Waals surface area (Å²) in [7, 11) is 1.85. The number of hydrogen-bond acceptors (Lipinski definition) is 2. The zero-order valence-corrected chi connectivity index (χ0v) is 6.55. The van der Waals surface area contributed by atoms with Gasteiger partial charge in [0.1, 0.15) is 0 Å². The van der Waals surface area contributed by atoms with Crippen LogP contribution >= 0.6 is 0 Å². The lowest BCUT2D eigenvalue weighted by molar-refractivity contribution is -0.126. The van der Waals surface area contributed by atoms with E-state index in [2.05, 4.69) is 12.2 Å².